The average Bonchev–Trinajstić information content (AvgIpc) is 3.28. The lowest BCUT2D eigenvalue weighted by molar-refractivity contribution is -0.137. The first kappa shape index (κ1) is 18.1. The van der Waals surface area contributed by atoms with Gasteiger partial charge in [-0.25, -0.2) is 9.97 Å². The van der Waals surface area contributed by atoms with Crippen LogP contribution in [0.3, 0.4) is 0 Å². The number of fused-ring (bicyclic) bond motifs is 1. The standard InChI is InChI=1S/C18H12F3N5OS/c1-10-9-23-17(28-10)16(27)24-14-6-7-22-15-8-13(25-26(14)15)11-4-2-3-5-12(11)18(19,20)21/h2-9H,1H3,(H,24,27). The lowest BCUT2D eigenvalue weighted by Gasteiger charge is -2.10. The summed E-state index contributed by atoms with van der Waals surface area (Å²) in [7, 11) is 0. The summed E-state index contributed by atoms with van der Waals surface area (Å²) in [5.74, 6) is -0.156. The highest BCUT2D eigenvalue weighted by Crippen LogP contribution is 2.36. The number of alkyl halides is 3. The minimum atomic E-state index is -4.51. The van der Waals surface area contributed by atoms with E-state index in [1.165, 1.54) is 52.4 Å². The van der Waals surface area contributed by atoms with Gasteiger partial charge in [0.2, 0.25) is 0 Å². The maximum Gasteiger partial charge on any atom is 0.417 e. The van der Waals surface area contributed by atoms with Crippen LogP contribution in [-0.2, 0) is 6.18 Å². The second-order valence-electron chi connectivity index (χ2n) is 5.90. The summed E-state index contributed by atoms with van der Waals surface area (Å²) in [5.41, 5.74) is -0.442. The maximum absolute atomic E-state index is 13.3. The summed E-state index contributed by atoms with van der Waals surface area (Å²) in [6.45, 7) is 1.83. The molecule has 28 heavy (non-hydrogen) atoms. The van der Waals surface area contributed by atoms with Crippen LogP contribution < -0.4 is 5.32 Å². The van der Waals surface area contributed by atoms with Crippen molar-refractivity contribution in [2.75, 3.05) is 5.32 Å². The van der Waals surface area contributed by atoms with Crippen LogP contribution in [0.5, 0.6) is 0 Å². The van der Waals surface area contributed by atoms with E-state index in [1.54, 1.807) is 6.20 Å². The van der Waals surface area contributed by atoms with Gasteiger partial charge < -0.3 is 5.32 Å². The Labute approximate surface area is 160 Å². The van der Waals surface area contributed by atoms with E-state index in [-0.39, 0.29) is 22.1 Å². The molecule has 0 aliphatic heterocycles. The third-order valence-corrected chi connectivity index (χ3v) is 4.84. The predicted molar refractivity (Wildman–Crippen MR) is 98.2 cm³/mol. The number of anilines is 1. The van der Waals surface area contributed by atoms with E-state index in [2.05, 4.69) is 20.4 Å². The third-order valence-electron chi connectivity index (χ3n) is 3.92. The van der Waals surface area contributed by atoms with Crippen LogP contribution in [0.2, 0.25) is 0 Å². The number of nitrogens with one attached hydrogen (secondary N) is 1. The quantitative estimate of drug-likeness (QED) is 0.549. The highest BCUT2D eigenvalue weighted by atomic mass is 32.1. The first-order valence-corrected chi connectivity index (χ1v) is 8.90. The Kier molecular flexibility index (Phi) is 4.34. The van der Waals surface area contributed by atoms with Crippen LogP contribution in [0, 0.1) is 6.92 Å². The van der Waals surface area contributed by atoms with Gasteiger partial charge in [0.1, 0.15) is 5.82 Å². The number of aryl methyl sites for hydroxylation is 1. The van der Waals surface area contributed by atoms with Gasteiger partial charge in [0.05, 0.1) is 11.3 Å². The SMILES string of the molecule is Cc1cnc(C(=O)Nc2ccnc3cc(-c4ccccc4C(F)(F)F)nn23)s1. The van der Waals surface area contributed by atoms with Crippen molar-refractivity contribution < 1.29 is 18.0 Å². The predicted octanol–water partition coefficient (Wildman–Crippen LogP) is 4.43. The molecular formula is C18H12F3N5OS. The molecule has 0 saturated heterocycles. The molecular weight excluding hydrogens is 391 g/mol. The summed E-state index contributed by atoms with van der Waals surface area (Å²) in [5, 5.41) is 7.18. The molecule has 3 heterocycles. The molecule has 0 unspecified atom stereocenters. The van der Waals surface area contributed by atoms with Crippen molar-refractivity contribution in [3.63, 3.8) is 0 Å². The van der Waals surface area contributed by atoms with Crippen LogP contribution in [0.15, 0.2) is 48.8 Å². The third kappa shape index (κ3) is 3.33. The lowest BCUT2D eigenvalue weighted by atomic mass is 10.0. The van der Waals surface area contributed by atoms with Crippen LogP contribution >= 0.6 is 11.3 Å². The topological polar surface area (TPSA) is 72.2 Å². The molecule has 1 aromatic carbocycles. The van der Waals surface area contributed by atoms with Crippen molar-refractivity contribution in [1.29, 1.82) is 0 Å². The van der Waals surface area contributed by atoms with E-state index >= 15 is 0 Å². The van der Waals surface area contributed by atoms with Gasteiger partial charge in [-0.1, -0.05) is 18.2 Å². The highest BCUT2D eigenvalue weighted by Gasteiger charge is 2.34. The molecule has 1 N–H and O–H groups in total. The van der Waals surface area contributed by atoms with Gasteiger partial charge >= 0.3 is 6.18 Å². The van der Waals surface area contributed by atoms with Gasteiger partial charge in [0.25, 0.3) is 5.91 Å². The van der Waals surface area contributed by atoms with Crippen molar-refractivity contribution >= 4 is 28.7 Å². The molecule has 0 saturated carbocycles. The van der Waals surface area contributed by atoms with Crippen LogP contribution in [-0.4, -0.2) is 25.5 Å². The number of thiazole rings is 1. The first-order valence-electron chi connectivity index (χ1n) is 8.08. The maximum atomic E-state index is 13.3. The Bertz CT molecular complexity index is 1180. The van der Waals surface area contributed by atoms with Gasteiger partial charge in [-0.15, -0.1) is 11.3 Å². The number of halogens is 3. The number of carbonyl (C=O) groups excluding carboxylic acids is 1. The molecule has 1 amide bonds. The Balaban J connectivity index is 1.75. The fourth-order valence-electron chi connectivity index (χ4n) is 2.70. The van der Waals surface area contributed by atoms with Crippen molar-refractivity contribution in [2.45, 2.75) is 13.1 Å². The number of aromatic nitrogens is 4. The molecule has 0 atom stereocenters. The minimum absolute atomic E-state index is 0.0617. The Morgan fingerprint density at radius 2 is 1.96 bits per heavy atom. The molecule has 142 valence electrons. The van der Waals surface area contributed by atoms with Gasteiger partial charge in [0.15, 0.2) is 10.7 Å². The average molecular weight is 403 g/mol. The minimum Gasteiger partial charge on any atom is -0.304 e. The van der Waals surface area contributed by atoms with Crippen LogP contribution in [0.1, 0.15) is 20.2 Å². The molecule has 4 rings (SSSR count). The molecule has 0 spiro atoms. The number of hydrogen-bond donors (Lipinski definition) is 1. The smallest absolute Gasteiger partial charge is 0.304 e. The Morgan fingerprint density at radius 3 is 2.68 bits per heavy atom. The molecule has 6 nitrogen and oxygen atoms in total. The van der Waals surface area contributed by atoms with Crippen molar-refractivity contribution in [3.05, 3.63) is 64.2 Å². The Morgan fingerprint density at radius 1 is 1.18 bits per heavy atom. The highest BCUT2D eigenvalue weighted by molar-refractivity contribution is 7.13. The molecule has 0 fully saturated rings. The summed E-state index contributed by atoms with van der Waals surface area (Å²) in [4.78, 5) is 21.4. The normalized spacial score (nSPS) is 11.7. The molecule has 0 bridgehead atoms. The number of hydrogen-bond acceptors (Lipinski definition) is 5. The zero-order valence-electron chi connectivity index (χ0n) is 14.4. The zero-order chi connectivity index (χ0) is 19.9. The summed E-state index contributed by atoms with van der Waals surface area (Å²) in [6, 6.07) is 8.13. The van der Waals surface area contributed by atoms with Crippen molar-refractivity contribution in [3.8, 4) is 11.3 Å². The summed E-state index contributed by atoms with van der Waals surface area (Å²) in [6.07, 6.45) is -1.49. The van der Waals surface area contributed by atoms with Gasteiger partial charge in [0, 0.05) is 28.9 Å². The second kappa shape index (κ2) is 6.71. The van der Waals surface area contributed by atoms with E-state index < -0.39 is 17.6 Å². The molecule has 0 aliphatic carbocycles. The number of carbonyl (C=O) groups is 1. The molecule has 10 heteroatoms. The van der Waals surface area contributed by atoms with E-state index in [9.17, 15) is 18.0 Å². The molecule has 4 aromatic rings. The lowest BCUT2D eigenvalue weighted by Crippen LogP contribution is -2.14. The van der Waals surface area contributed by atoms with E-state index in [4.69, 9.17) is 0 Å². The van der Waals surface area contributed by atoms with E-state index in [0.717, 1.165) is 10.9 Å². The van der Waals surface area contributed by atoms with Crippen molar-refractivity contribution in [1.82, 2.24) is 19.6 Å². The largest absolute Gasteiger partial charge is 0.417 e. The number of nitrogens with zero attached hydrogens (tertiary/aromatic N) is 4. The van der Waals surface area contributed by atoms with Gasteiger partial charge in [-0.2, -0.15) is 22.8 Å². The molecule has 0 radical (unpaired) electrons. The number of benzene rings is 1. The molecule has 3 aromatic heterocycles. The number of rotatable bonds is 3. The first-order chi connectivity index (χ1) is 13.3. The summed E-state index contributed by atoms with van der Waals surface area (Å²) >= 11 is 1.23. The fraction of sp³-hybridized carbons (Fsp3) is 0.111. The van der Waals surface area contributed by atoms with Gasteiger partial charge in [-0.05, 0) is 19.1 Å². The van der Waals surface area contributed by atoms with E-state index in [0.29, 0.717) is 5.65 Å². The zero-order valence-corrected chi connectivity index (χ0v) is 15.2. The monoisotopic (exact) mass is 403 g/mol. The summed E-state index contributed by atoms with van der Waals surface area (Å²) < 4.78 is 41.2. The van der Waals surface area contributed by atoms with Crippen LogP contribution in [0.25, 0.3) is 16.9 Å². The Hall–Kier alpha value is -3.27. The fourth-order valence-corrected chi connectivity index (χ4v) is 3.36. The van der Waals surface area contributed by atoms with Crippen LogP contribution in [0.4, 0.5) is 19.0 Å². The van der Waals surface area contributed by atoms with Gasteiger partial charge in [-0.3, -0.25) is 4.79 Å². The van der Waals surface area contributed by atoms with E-state index in [1.807, 2.05) is 6.92 Å². The van der Waals surface area contributed by atoms with Crippen molar-refractivity contribution in [2.24, 2.45) is 0 Å². The second-order valence-corrected chi connectivity index (χ2v) is 7.14. The molecule has 0 aliphatic rings. The number of amides is 1.